The molecule has 0 aliphatic rings. The van der Waals surface area contributed by atoms with Crippen molar-refractivity contribution in [1.82, 2.24) is 20.0 Å². The van der Waals surface area contributed by atoms with E-state index in [9.17, 15) is 9.18 Å². The van der Waals surface area contributed by atoms with Crippen LogP contribution in [-0.2, 0) is 6.54 Å². The molecule has 4 rings (SSSR count). The van der Waals surface area contributed by atoms with Crippen LogP contribution in [0.15, 0.2) is 59.4 Å². The number of aromatic nitrogens is 3. The lowest BCUT2D eigenvalue weighted by Gasteiger charge is -2.18. The monoisotopic (exact) mass is 376 g/mol. The number of hydrogen-bond acceptors (Lipinski definition) is 5. The molecule has 1 amide bonds. The van der Waals surface area contributed by atoms with Crippen molar-refractivity contribution in [3.8, 4) is 11.3 Å². The summed E-state index contributed by atoms with van der Waals surface area (Å²) >= 11 is 0. The molecule has 0 bridgehead atoms. The molecule has 0 fully saturated rings. The average Bonchev–Trinajstić information content (AvgIpc) is 3.09. The van der Waals surface area contributed by atoms with Crippen LogP contribution in [0.25, 0.3) is 22.4 Å². The second kappa shape index (κ2) is 7.19. The Kier molecular flexibility index (Phi) is 4.57. The summed E-state index contributed by atoms with van der Waals surface area (Å²) in [4.78, 5) is 23.3. The van der Waals surface area contributed by atoms with Crippen LogP contribution in [0, 0.1) is 12.7 Å². The van der Waals surface area contributed by atoms with Crippen molar-refractivity contribution in [3.63, 3.8) is 0 Å². The Morgan fingerprint density at radius 2 is 2.00 bits per heavy atom. The summed E-state index contributed by atoms with van der Waals surface area (Å²) in [5.74, 6) is -0.529. The highest BCUT2D eigenvalue weighted by Gasteiger charge is 2.22. The van der Waals surface area contributed by atoms with E-state index in [4.69, 9.17) is 4.52 Å². The Bertz CT molecular complexity index is 1140. The molecule has 0 spiro atoms. The summed E-state index contributed by atoms with van der Waals surface area (Å²) in [6.07, 6.45) is 3.41. The Morgan fingerprint density at radius 3 is 2.71 bits per heavy atom. The summed E-state index contributed by atoms with van der Waals surface area (Å²) in [6, 6.07) is 11.4. The molecule has 0 N–H and O–H groups in total. The van der Waals surface area contributed by atoms with Gasteiger partial charge in [0.25, 0.3) is 11.6 Å². The molecule has 0 saturated heterocycles. The molecule has 1 aromatic carbocycles. The fraction of sp³-hybridized carbons (Fsp3) is 0.143. The number of carbonyl (C=O) groups is 1. The minimum absolute atomic E-state index is 0.189. The molecule has 0 radical (unpaired) electrons. The number of halogens is 1. The van der Waals surface area contributed by atoms with E-state index < -0.39 is 0 Å². The quantitative estimate of drug-likeness (QED) is 0.538. The van der Waals surface area contributed by atoms with E-state index in [1.807, 2.05) is 12.1 Å². The maximum Gasteiger partial charge on any atom is 0.259 e. The Labute approximate surface area is 160 Å². The number of nitrogens with zero attached hydrogens (tertiary/aromatic N) is 4. The molecule has 28 heavy (non-hydrogen) atoms. The van der Waals surface area contributed by atoms with Crippen LogP contribution >= 0.6 is 0 Å². The lowest BCUT2D eigenvalue weighted by Crippen LogP contribution is -2.26. The van der Waals surface area contributed by atoms with Crippen molar-refractivity contribution in [2.24, 2.45) is 0 Å². The van der Waals surface area contributed by atoms with Gasteiger partial charge in [-0.15, -0.1) is 0 Å². The van der Waals surface area contributed by atoms with Gasteiger partial charge in [-0.2, -0.15) is 0 Å². The first-order chi connectivity index (χ1) is 13.5. The van der Waals surface area contributed by atoms with Crippen LogP contribution in [-0.4, -0.2) is 33.0 Å². The zero-order chi connectivity index (χ0) is 19.7. The van der Waals surface area contributed by atoms with Gasteiger partial charge in [0, 0.05) is 31.5 Å². The van der Waals surface area contributed by atoms with Crippen molar-refractivity contribution in [2.75, 3.05) is 7.05 Å². The highest BCUT2D eigenvalue weighted by Crippen LogP contribution is 2.28. The molecule has 3 aromatic heterocycles. The molecule has 6 nitrogen and oxygen atoms in total. The lowest BCUT2D eigenvalue weighted by molar-refractivity contribution is 0.0787. The van der Waals surface area contributed by atoms with Crippen LogP contribution in [0.2, 0.25) is 0 Å². The first-order valence-corrected chi connectivity index (χ1v) is 8.70. The predicted molar refractivity (Wildman–Crippen MR) is 102 cm³/mol. The fourth-order valence-electron chi connectivity index (χ4n) is 3.07. The third-order valence-electron chi connectivity index (χ3n) is 4.48. The molecule has 0 atom stereocenters. The summed E-state index contributed by atoms with van der Waals surface area (Å²) in [6.45, 7) is 2.18. The molecule has 0 saturated carbocycles. The first kappa shape index (κ1) is 17.8. The average molecular weight is 376 g/mol. The molecular formula is C21H17FN4O2. The number of pyridine rings is 2. The highest BCUT2D eigenvalue weighted by atomic mass is 19.1. The second-order valence-electron chi connectivity index (χ2n) is 6.53. The second-order valence-corrected chi connectivity index (χ2v) is 6.53. The molecular weight excluding hydrogens is 359 g/mol. The van der Waals surface area contributed by atoms with Crippen molar-refractivity contribution >= 4 is 17.0 Å². The van der Waals surface area contributed by atoms with Gasteiger partial charge in [0.05, 0.1) is 22.3 Å². The van der Waals surface area contributed by atoms with E-state index in [0.29, 0.717) is 34.4 Å². The summed E-state index contributed by atoms with van der Waals surface area (Å²) in [5, 5.41) is 4.53. The number of hydrogen-bond donors (Lipinski definition) is 0. The van der Waals surface area contributed by atoms with E-state index in [1.165, 1.54) is 12.1 Å². The van der Waals surface area contributed by atoms with Gasteiger partial charge in [0.1, 0.15) is 5.82 Å². The first-order valence-electron chi connectivity index (χ1n) is 8.70. The van der Waals surface area contributed by atoms with Gasteiger partial charge in [-0.1, -0.05) is 11.2 Å². The maximum atomic E-state index is 13.3. The zero-order valence-electron chi connectivity index (χ0n) is 15.4. The Hall–Kier alpha value is -3.61. The minimum atomic E-state index is -0.340. The van der Waals surface area contributed by atoms with Crippen molar-refractivity contribution in [3.05, 3.63) is 77.5 Å². The molecule has 140 valence electrons. The van der Waals surface area contributed by atoms with E-state index in [-0.39, 0.29) is 17.4 Å². The summed E-state index contributed by atoms with van der Waals surface area (Å²) in [5.41, 5.74) is 3.42. The maximum absolute atomic E-state index is 13.3. The number of amides is 1. The number of aryl methyl sites for hydroxylation is 1. The van der Waals surface area contributed by atoms with Gasteiger partial charge in [-0.05, 0) is 48.9 Å². The smallest absolute Gasteiger partial charge is 0.259 e. The molecule has 0 aliphatic carbocycles. The number of carbonyl (C=O) groups excluding carboxylic acids is 1. The van der Waals surface area contributed by atoms with Gasteiger partial charge in [0.2, 0.25) is 0 Å². The van der Waals surface area contributed by atoms with Gasteiger partial charge in [-0.3, -0.25) is 9.78 Å². The fourth-order valence-corrected chi connectivity index (χ4v) is 3.07. The van der Waals surface area contributed by atoms with Gasteiger partial charge in [-0.25, -0.2) is 9.37 Å². The molecule has 7 heteroatoms. The standard InChI is InChI=1S/C21H17FN4O2/c1-13-19-17(21(27)26(2)12-14-4-3-9-23-11-14)10-18(24-20(19)28-25-13)15-5-7-16(22)8-6-15/h3-11H,12H2,1-2H3. The SMILES string of the molecule is Cc1noc2nc(-c3ccc(F)cc3)cc(C(=O)N(C)Cc3cccnc3)c12. The topological polar surface area (TPSA) is 72.1 Å². The largest absolute Gasteiger partial charge is 0.337 e. The van der Waals surface area contributed by atoms with Gasteiger partial charge >= 0.3 is 0 Å². The molecule has 3 heterocycles. The predicted octanol–water partition coefficient (Wildman–Crippen LogP) is 4.00. The third kappa shape index (κ3) is 3.34. The Morgan fingerprint density at radius 1 is 1.21 bits per heavy atom. The summed E-state index contributed by atoms with van der Waals surface area (Å²) < 4.78 is 18.6. The summed E-state index contributed by atoms with van der Waals surface area (Å²) in [7, 11) is 1.72. The zero-order valence-corrected chi connectivity index (χ0v) is 15.4. The normalized spacial score (nSPS) is 11.0. The van der Waals surface area contributed by atoms with E-state index >= 15 is 0 Å². The third-order valence-corrected chi connectivity index (χ3v) is 4.48. The van der Waals surface area contributed by atoms with E-state index in [0.717, 1.165) is 5.56 Å². The Balaban J connectivity index is 1.77. The highest BCUT2D eigenvalue weighted by molar-refractivity contribution is 6.06. The van der Waals surface area contributed by atoms with Crippen LogP contribution in [0.3, 0.4) is 0 Å². The van der Waals surface area contributed by atoms with Crippen LogP contribution in [0.4, 0.5) is 4.39 Å². The molecule has 4 aromatic rings. The van der Waals surface area contributed by atoms with E-state index in [1.54, 1.807) is 49.5 Å². The van der Waals surface area contributed by atoms with Crippen LogP contribution in [0.5, 0.6) is 0 Å². The van der Waals surface area contributed by atoms with Crippen LogP contribution in [0.1, 0.15) is 21.6 Å². The number of rotatable bonds is 4. The van der Waals surface area contributed by atoms with E-state index in [2.05, 4.69) is 15.1 Å². The number of fused-ring (bicyclic) bond motifs is 1. The van der Waals surface area contributed by atoms with Crippen molar-refractivity contribution in [1.29, 1.82) is 0 Å². The van der Waals surface area contributed by atoms with Crippen molar-refractivity contribution in [2.45, 2.75) is 13.5 Å². The molecule has 0 aliphatic heterocycles. The number of benzene rings is 1. The minimum Gasteiger partial charge on any atom is -0.337 e. The van der Waals surface area contributed by atoms with Crippen molar-refractivity contribution < 1.29 is 13.7 Å². The molecule has 0 unspecified atom stereocenters. The van der Waals surface area contributed by atoms with Crippen LogP contribution < -0.4 is 0 Å². The van der Waals surface area contributed by atoms with Gasteiger partial charge in [0.15, 0.2) is 0 Å². The van der Waals surface area contributed by atoms with Gasteiger partial charge < -0.3 is 9.42 Å². The lowest BCUT2D eigenvalue weighted by atomic mass is 10.0.